The van der Waals surface area contributed by atoms with Crippen molar-refractivity contribution in [3.63, 3.8) is 0 Å². The number of halogens is 1. The zero-order valence-electron chi connectivity index (χ0n) is 17.1. The number of rotatable bonds is 7. The maximum Gasteiger partial charge on any atom is 0.329 e. The highest BCUT2D eigenvalue weighted by Crippen LogP contribution is 2.33. The lowest BCUT2D eigenvalue weighted by molar-refractivity contribution is -0.148. The molecular formula is C23H21ClN4O3S. The smallest absolute Gasteiger partial charge is 0.329 e. The summed E-state index contributed by atoms with van der Waals surface area (Å²) in [4.78, 5) is 37.2. The van der Waals surface area contributed by atoms with Crippen molar-refractivity contribution >= 4 is 46.9 Å². The predicted molar refractivity (Wildman–Crippen MR) is 124 cm³/mol. The highest BCUT2D eigenvalue weighted by molar-refractivity contribution is 7.99. The fraction of sp³-hybridized carbons (Fsp3) is 0.217. The number of amides is 1. The number of para-hydroxylation sites is 1. The third-order valence-corrected chi connectivity index (χ3v) is 6.22. The van der Waals surface area contributed by atoms with E-state index in [2.05, 4.69) is 15.3 Å². The van der Waals surface area contributed by atoms with Crippen molar-refractivity contribution in [2.24, 2.45) is 0 Å². The van der Waals surface area contributed by atoms with Crippen LogP contribution in [0.5, 0.6) is 0 Å². The van der Waals surface area contributed by atoms with Gasteiger partial charge in [0.05, 0.1) is 5.69 Å². The zero-order valence-corrected chi connectivity index (χ0v) is 18.7. The summed E-state index contributed by atoms with van der Waals surface area (Å²) in [5, 5.41) is 3.49. The Kier molecular flexibility index (Phi) is 7.24. The van der Waals surface area contributed by atoms with Gasteiger partial charge in [-0.2, -0.15) is 0 Å². The largest absolute Gasteiger partial charge is 0.454 e. The van der Waals surface area contributed by atoms with E-state index in [1.165, 1.54) is 11.8 Å². The molecule has 32 heavy (non-hydrogen) atoms. The van der Waals surface area contributed by atoms with Crippen molar-refractivity contribution in [1.82, 2.24) is 9.97 Å². The second-order valence-electron chi connectivity index (χ2n) is 7.11. The number of anilines is 2. The fourth-order valence-electron chi connectivity index (χ4n) is 3.40. The first-order valence-electron chi connectivity index (χ1n) is 10.1. The molecule has 0 saturated carbocycles. The van der Waals surface area contributed by atoms with Gasteiger partial charge in [0.2, 0.25) is 5.95 Å². The van der Waals surface area contributed by atoms with E-state index in [1.807, 2.05) is 53.4 Å². The average Bonchev–Trinajstić information content (AvgIpc) is 3.31. The Hall–Kier alpha value is -3.10. The van der Waals surface area contributed by atoms with Gasteiger partial charge in [0.15, 0.2) is 6.61 Å². The van der Waals surface area contributed by atoms with Gasteiger partial charge < -0.3 is 15.0 Å². The van der Waals surface area contributed by atoms with Crippen LogP contribution >= 0.6 is 23.4 Å². The molecule has 1 aromatic heterocycles. The first kappa shape index (κ1) is 22.1. The summed E-state index contributed by atoms with van der Waals surface area (Å²) >= 11 is 7.45. The van der Waals surface area contributed by atoms with Gasteiger partial charge in [-0.25, -0.2) is 14.8 Å². The van der Waals surface area contributed by atoms with E-state index in [-0.39, 0.29) is 6.61 Å². The van der Waals surface area contributed by atoms with Gasteiger partial charge in [-0.05, 0) is 55.3 Å². The summed E-state index contributed by atoms with van der Waals surface area (Å²) in [6.45, 7) is 0.310. The molecule has 2 aromatic carbocycles. The van der Waals surface area contributed by atoms with E-state index in [9.17, 15) is 9.59 Å². The second-order valence-corrected chi connectivity index (χ2v) is 8.66. The minimum Gasteiger partial charge on any atom is -0.454 e. The number of hydrogen-bond donors (Lipinski definition) is 1. The number of carbonyl (C=O) groups is 2. The Morgan fingerprint density at radius 2 is 1.84 bits per heavy atom. The molecule has 1 atom stereocenters. The average molecular weight is 469 g/mol. The van der Waals surface area contributed by atoms with Crippen LogP contribution in [0, 0.1) is 0 Å². The number of ether oxygens (including phenoxy) is 1. The summed E-state index contributed by atoms with van der Waals surface area (Å²) in [6.07, 6.45) is 4.74. The van der Waals surface area contributed by atoms with Gasteiger partial charge in [0, 0.05) is 33.8 Å². The number of carbonyl (C=O) groups excluding carboxylic acids is 2. The number of benzene rings is 2. The first-order valence-corrected chi connectivity index (χ1v) is 11.3. The number of nitrogens with one attached hydrogen (secondary N) is 1. The van der Waals surface area contributed by atoms with Gasteiger partial charge >= 0.3 is 5.97 Å². The third kappa shape index (κ3) is 5.57. The molecule has 9 heteroatoms. The van der Waals surface area contributed by atoms with Gasteiger partial charge in [-0.3, -0.25) is 4.79 Å². The van der Waals surface area contributed by atoms with Crippen LogP contribution in [0.4, 0.5) is 11.6 Å². The van der Waals surface area contributed by atoms with Crippen molar-refractivity contribution in [2.75, 3.05) is 23.4 Å². The summed E-state index contributed by atoms with van der Waals surface area (Å²) in [5.74, 6) is -0.360. The summed E-state index contributed by atoms with van der Waals surface area (Å²) in [5.41, 5.74) is 0.647. The topological polar surface area (TPSA) is 84.4 Å². The minimum atomic E-state index is -0.488. The zero-order chi connectivity index (χ0) is 22.3. The van der Waals surface area contributed by atoms with Crippen LogP contribution < -0.4 is 10.2 Å². The molecule has 164 valence electrons. The van der Waals surface area contributed by atoms with Crippen molar-refractivity contribution in [2.45, 2.75) is 28.7 Å². The Balaban J connectivity index is 1.34. The molecule has 7 nitrogen and oxygen atoms in total. The molecule has 0 bridgehead atoms. The number of hydrogen-bond acceptors (Lipinski definition) is 7. The van der Waals surface area contributed by atoms with E-state index in [0.29, 0.717) is 29.6 Å². The Bertz CT molecular complexity index is 1080. The molecule has 1 aliphatic heterocycles. The van der Waals surface area contributed by atoms with Crippen LogP contribution in [0.25, 0.3) is 0 Å². The Labute approximate surface area is 195 Å². The summed E-state index contributed by atoms with van der Waals surface area (Å²) in [6, 6.07) is 16.2. The maximum absolute atomic E-state index is 12.6. The molecule has 1 aliphatic rings. The van der Waals surface area contributed by atoms with Crippen LogP contribution in [-0.2, 0) is 14.3 Å². The lowest BCUT2D eigenvalue weighted by atomic mass is 10.2. The van der Waals surface area contributed by atoms with Crippen molar-refractivity contribution in [1.29, 1.82) is 0 Å². The van der Waals surface area contributed by atoms with Gasteiger partial charge in [0.1, 0.15) is 6.04 Å². The highest BCUT2D eigenvalue weighted by atomic mass is 35.5. The molecule has 1 N–H and O–H groups in total. The molecule has 0 spiro atoms. The van der Waals surface area contributed by atoms with Crippen LogP contribution in [0.3, 0.4) is 0 Å². The van der Waals surface area contributed by atoms with E-state index >= 15 is 0 Å². The second kappa shape index (κ2) is 10.5. The van der Waals surface area contributed by atoms with Crippen LogP contribution in [0.1, 0.15) is 12.8 Å². The fourth-order valence-corrected chi connectivity index (χ4v) is 4.43. The van der Waals surface area contributed by atoms with Crippen molar-refractivity contribution in [3.8, 4) is 0 Å². The van der Waals surface area contributed by atoms with Gasteiger partial charge in [-0.1, -0.05) is 35.5 Å². The van der Waals surface area contributed by atoms with E-state index in [1.54, 1.807) is 18.5 Å². The van der Waals surface area contributed by atoms with Crippen LogP contribution in [0.2, 0.25) is 5.02 Å². The SMILES string of the molecule is O=C(COC(=O)[C@@H]1CCCN1c1ncccn1)Nc1ccccc1Sc1ccc(Cl)cc1. The van der Waals surface area contributed by atoms with Crippen LogP contribution in [0.15, 0.2) is 76.8 Å². The third-order valence-electron chi connectivity index (χ3n) is 4.88. The molecule has 3 aromatic rings. The molecular weight excluding hydrogens is 448 g/mol. The van der Waals surface area contributed by atoms with Gasteiger partial charge in [0.25, 0.3) is 5.91 Å². The molecule has 1 amide bonds. The lowest BCUT2D eigenvalue weighted by Crippen LogP contribution is -2.39. The summed E-state index contributed by atoms with van der Waals surface area (Å²) in [7, 11) is 0. The predicted octanol–water partition coefficient (Wildman–Crippen LogP) is 4.43. The molecule has 0 radical (unpaired) electrons. The lowest BCUT2D eigenvalue weighted by Gasteiger charge is -2.22. The van der Waals surface area contributed by atoms with Gasteiger partial charge in [-0.15, -0.1) is 0 Å². The maximum atomic E-state index is 12.6. The normalized spacial score (nSPS) is 15.4. The van der Waals surface area contributed by atoms with Crippen LogP contribution in [-0.4, -0.2) is 41.0 Å². The minimum absolute atomic E-state index is 0.362. The highest BCUT2D eigenvalue weighted by Gasteiger charge is 2.33. The quantitative estimate of drug-likeness (QED) is 0.513. The molecule has 2 heterocycles. The van der Waals surface area contributed by atoms with E-state index in [4.69, 9.17) is 16.3 Å². The number of esters is 1. The molecule has 1 saturated heterocycles. The molecule has 1 fully saturated rings. The Morgan fingerprint density at radius 1 is 1.09 bits per heavy atom. The molecule has 0 unspecified atom stereocenters. The van der Waals surface area contributed by atoms with Crippen molar-refractivity contribution in [3.05, 3.63) is 72.0 Å². The van der Waals surface area contributed by atoms with E-state index in [0.717, 1.165) is 16.2 Å². The summed E-state index contributed by atoms with van der Waals surface area (Å²) < 4.78 is 5.31. The Morgan fingerprint density at radius 3 is 2.62 bits per heavy atom. The first-order chi connectivity index (χ1) is 15.6. The standard InChI is InChI=1S/C23H21ClN4O3S/c24-16-8-10-17(11-9-16)32-20-7-2-1-5-18(20)27-21(29)15-31-22(30)19-6-3-14-28(19)23-25-12-4-13-26-23/h1-2,4-5,7-13,19H,3,6,14-15H2,(H,27,29)/t19-/m0/s1. The number of aromatic nitrogens is 2. The molecule has 0 aliphatic carbocycles. The molecule has 4 rings (SSSR count). The number of nitrogens with zero attached hydrogens (tertiary/aromatic N) is 3. The van der Waals surface area contributed by atoms with Crippen molar-refractivity contribution < 1.29 is 14.3 Å². The van der Waals surface area contributed by atoms with E-state index < -0.39 is 17.9 Å². The monoisotopic (exact) mass is 468 g/mol.